The predicted molar refractivity (Wildman–Crippen MR) is 131 cm³/mol. The maximum atomic E-state index is 13.2. The fourth-order valence-corrected chi connectivity index (χ4v) is 4.10. The molecule has 2 aromatic carbocycles. The molecule has 1 atom stereocenters. The van der Waals surface area contributed by atoms with Crippen LogP contribution in [0.2, 0.25) is 0 Å². The first kappa shape index (κ1) is 24.8. The van der Waals surface area contributed by atoms with Crippen molar-refractivity contribution in [3.63, 3.8) is 0 Å². The van der Waals surface area contributed by atoms with Gasteiger partial charge in [0, 0.05) is 5.56 Å². The summed E-state index contributed by atoms with van der Waals surface area (Å²) in [5, 5.41) is 11.3. The summed E-state index contributed by atoms with van der Waals surface area (Å²) >= 11 is 0. The van der Waals surface area contributed by atoms with E-state index in [9.17, 15) is 19.5 Å². The van der Waals surface area contributed by atoms with Gasteiger partial charge < -0.3 is 23.9 Å². The molecule has 0 radical (unpaired) electrons. The van der Waals surface area contributed by atoms with E-state index < -0.39 is 23.7 Å². The number of unbranched alkanes of at least 4 members (excludes halogenated alkanes) is 1. The van der Waals surface area contributed by atoms with Crippen LogP contribution in [0.15, 0.2) is 76.9 Å². The number of aliphatic hydroxyl groups excluding tert-OH is 1. The fraction of sp³-hybridized carbons (Fsp3) is 0.250. The summed E-state index contributed by atoms with van der Waals surface area (Å²) in [5.41, 5.74) is 1.17. The summed E-state index contributed by atoms with van der Waals surface area (Å²) in [6.45, 7) is 2.61. The molecule has 1 aliphatic heterocycles. The van der Waals surface area contributed by atoms with Crippen molar-refractivity contribution in [1.29, 1.82) is 0 Å². The Morgan fingerprint density at radius 2 is 1.83 bits per heavy atom. The van der Waals surface area contributed by atoms with Gasteiger partial charge in [0.25, 0.3) is 11.7 Å². The van der Waals surface area contributed by atoms with Crippen LogP contribution >= 0.6 is 0 Å². The molecule has 1 aromatic heterocycles. The van der Waals surface area contributed by atoms with Crippen molar-refractivity contribution in [2.45, 2.75) is 32.4 Å². The molecule has 1 aliphatic rings. The molecule has 36 heavy (non-hydrogen) atoms. The quantitative estimate of drug-likeness (QED) is 0.150. The Balaban J connectivity index is 1.78. The van der Waals surface area contributed by atoms with Crippen LogP contribution in [-0.2, 0) is 20.9 Å². The number of ketones is 1. The molecular weight excluding hydrogens is 462 g/mol. The number of hydrogen-bond donors (Lipinski definition) is 1. The Bertz CT molecular complexity index is 1280. The summed E-state index contributed by atoms with van der Waals surface area (Å²) in [4.78, 5) is 39.6. The molecule has 1 saturated heterocycles. The van der Waals surface area contributed by atoms with Crippen molar-refractivity contribution < 1.29 is 33.4 Å². The summed E-state index contributed by atoms with van der Waals surface area (Å²) in [6.07, 6.45) is 3.35. The summed E-state index contributed by atoms with van der Waals surface area (Å²) in [6, 6.07) is 15.6. The zero-order chi connectivity index (χ0) is 25.7. The maximum absolute atomic E-state index is 13.2. The van der Waals surface area contributed by atoms with Gasteiger partial charge in [-0.15, -0.1) is 0 Å². The Morgan fingerprint density at radius 3 is 2.50 bits per heavy atom. The Hall–Kier alpha value is -4.33. The molecule has 186 valence electrons. The summed E-state index contributed by atoms with van der Waals surface area (Å²) in [7, 11) is 1.29. The Morgan fingerprint density at radius 1 is 1.06 bits per heavy atom. The van der Waals surface area contributed by atoms with E-state index in [1.165, 1.54) is 18.3 Å². The highest BCUT2D eigenvalue weighted by molar-refractivity contribution is 6.46. The second-order valence-electron chi connectivity index (χ2n) is 8.35. The van der Waals surface area contributed by atoms with Gasteiger partial charge in [0.05, 0.1) is 43.7 Å². The standard InChI is InChI=1S/C28H27NO7/c1-3-4-14-35-21-8-5-7-20(16-21)25(30)23-24(18-10-12-19(13-11-18)28(33)34-2)29(27(32)26(23)31)17-22-9-6-15-36-22/h5-13,15-16,24,30H,3-4,14,17H2,1-2H3. The van der Waals surface area contributed by atoms with E-state index in [-0.39, 0.29) is 17.9 Å². The number of carbonyl (C=O) groups is 3. The molecular formula is C28H27NO7. The normalized spacial score (nSPS) is 16.8. The molecule has 0 bridgehead atoms. The number of likely N-dealkylation sites (tertiary alicyclic amines) is 1. The average Bonchev–Trinajstić information content (AvgIpc) is 3.51. The van der Waals surface area contributed by atoms with E-state index in [4.69, 9.17) is 13.9 Å². The van der Waals surface area contributed by atoms with Crippen LogP contribution < -0.4 is 4.74 Å². The lowest BCUT2D eigenvalue weighted by molar-refractivity contribution is -0.140. The third-order valence-electron chi connectivity index (χ3n) is 5.97. The van der Waals surface area contributed by atoms with Gasteiger partial charge in [-0.05, 0) is 48.4 Å². The van der Waals surface area contributed by atoms with E-state index in [2.05, 4.69) is 6.92 Å². The number of amides is 1. The minimum Gasteiger partial charge on any atom is -0.507 e. The molecule has 1 unspecified atom stereocenters. The van der Waals surface area contributed by atoms with E-state index in [0.717, 1.165) is 12.8 Å². The van der Waals surface area contributed by atoms with Crippen molar-refractivity contribution in [3.05, 3.63) is 95.0 Å². The fourth-order valence-electron chi connectivity index (χ4n) is 4.10. The lowest BCUT2D eigenvalue weighted by Crippen LogP contribution is -2.29. The van der Waals surface area contributed by atoms with Crippen LogP contribution in [0, 0.1) is 0 Å². The second kappa shape index (κ2) is 10.9. The Labute approximate surface area is 208 Å². The minimum absolute atomic E-state index is 0.0257. The van der Waals surface area contributed by atoms with Crippen LogP contribution in [0.1, 0.15) is 53.1 Å². The molecule has 1 fully saturated rings. The van der Waals surface area contributed by atoms with Gasteiger partial charge in [0.15, 0.2) is 0 Å². The van der Waals surface area contributed by atoms with Gasteiger partial charge in [0.2, 0.25) is 0 Å². The smallest absolute Gasteiger partial charge is 0.337 e. The largest absolute Gasteiger partial charge is 0.507 e. The van der Waals surface area contributed by atoms with E-state index in [1.54, 1.807) is 60.7 Å². The monoisotopic (exact) mass is 489 g/mol. The molecule has 8 heteroatoms. The van der Waals surface area contributed by atoms with Crippen LogP contribution in [-0.4, -0.2) is 41.4 Å². The first-order valence-corrected chi connectivity index (χ1v) is 11.7. The summed E-state index contributed by atoms with van der Waals surface area (Å²) < 4.78 is 15.9. The third kappa shape index (κ3) is 5.02. The number of ether oxygens (including phenoxy) is 2. The first-order chi connectivity index (χ1) is 17.4. The van der Waals surface area contributed by atoms with Crippen molar-refractivity contribution in [1.82, 2.24) is 4.90 Å². The highest BCUT2D eigenvalue weighted by Gasteiger charge is 2.46. The lowest BCUT2D eigenvalue weighted by atomic mass is 9.94. The summed E-state index contributed by atoms with van der Waals surface area (Å²) in [5.74, 6) is -1.34. The molecule has 2 heterocycles. The highest BCUT2D eigenvalue weighted by Crippen LogP contribution is 2.40. The van der Waals surface area contributed by atoms with Gasteiger partial charge in [-0.3, -0.25) is 9.59 Å². The number of hydrogen-bond acceptors (Lipinski definition) is 7. The molecule has 0 spiro atoms. The topological polar surface area (TPSA) is 106 Å². The second-order valence-corrected chi connectivity index (χ2v) is 8.35. The molecule has 1 amide bonds. The van der Waals surface area contributed by atoms with E-state index in [0.29, 0.717) is 34.8 Å². The number of benzene rings is 2. The molecule has 0 saturated carbocycles. The van der Waals surface area contributed by atoms with Gasteiger partial charge in [0.1, 0.15) is 17.3 Å². The van der Waals surface area contributed by atoms with Crippen LogP contribution in [0.3, 0.4) is 0 Å². The number of furan rings is 1. The molecule has 8 nitrogen and oxygen atoms in total. The number of aliphatic hydroxyl groups is 1. The van der Waals surface area contributed by atoms with Gasteiger partial charge in [-0.1, -0.05) is 37.6 Å². The number of methoxy groups -OCH3 is 1. The minimum atomic E-state index is -0.897. The number of carbonyl (C=O) groups excluding carboxylic acids is 3. The first-order valence-electron chi connectivity index (χ1n) is 11.7. The molecule has 0 aliphatic carbocycles. The lowest BCUT2D eigenvalue weighted by Gasteiger charge is -2.24. The zero-order valence-corrected chi connectivity index (χ0v) is 20.1. The van der Waals surface area contributed by atoms with E-state index >= 15 is 0 Å². The molecule has 1 N–H and O–H groups in total. The van der Waals surface area contributed by atoms with Gasteiger partial charge in [-0.25, -0.2) is 4.79 Å². The third-order valence-corrected chi connectivity index (χ3v) is 5.97. The molecule has 3 aromatic rings. The van der Waals surface area contributed by atoms with E-state index in [1.807, 2.05) is 0 Å². The Kier molecular flexibility index (Phi) is 7.53. The number of nitrogens with zero attached hydrogens (tertiary/aromatic N) is 1. The number of rotatable bonds is 9. The van der Waals surface area contributed by atoms with Crippen molar-refractivity contribution in [2.24, 2.45) is 0 Å². The highest BCUT2D eigenvalue weighted by atomic mass is 16.5. The van der Waals surface area contributed by atoms with Crippen molar-refractivity contribution >= 4 is 23.4 Å². The van der Waals surface area contributed by atoms with Gasteiger partial charge in [-0.2, -0.15) is 0 Å². The van der Waals surface area contributed by atoms with Crippen LogP contribution in [0.4, 0.5) is 0 Å². The maximum Gasteiger partial charge on any atom is 0.337 e. The van der Waals surface area contributed by atoms with Gasteiger partial charge >= 0.3 is 5.97 Å². The van der Waals surface area contributed by atoms with Crippen molar-refractivity contribution in [2.75, 3.05) is 13.7 Å². The number of Topliss-reactive ketones (excluding diaryl/α,β-unsaturated/α-hetero) is 1. The SMILES string of the molecule is CCCCOc1cccc(C(O)=C2C(=O)C(=O)N(Cc3ccco3)C2c2ccc(C(=O)OC)cc2)c1. The zero-order valence-electron chi connectivity index (χ0n) is 20.1. The van der Waals surface area contributed by atoms with Crippen LogP contribution in [0.5, 0.6) is 5.75 Å². The number of esters is 1. The molecule has 4 rings (SSSR count). The predicted octanol–water partition coefficient (Wildman–Crippen LogP) is 4.87. The van der Waals surface area contributed by atoms with Crippen LogP contribution in [0.25, 0.3) is 5.76 Å². The average molecular weight is 490 g/mol. The van der Waals surface area contributed by atoms with Crippen molar-refractivity contribution in [3.8, 4) is 5.75 Å².